The van der Waals surface area contributed by atoms with E-state index in [2.05, 4.69) is 50.1 Å². The maximum atomic E-state index is 6.07. The van der Waals surface area contributed by atoms with Gasteiger partial charge in [-0.25, -0.2) is 0 Å². The molecule has 1 aliphatic rings. The summed E-state index contributed by atoms with van der Waals surface area (Å²) in [5.41, 5.74) is 2.62. The van der Waals surface area contributed by atoms with Crippen LogP contribution in [-0.2, 0) is 11.2 Å². The maximum Gasteiger partial charge on any atom is 0.0633 e. The average Bonchev–Trinajstić information content (AvgIpc) is 2.46. The van der Waals surface area contributed by atoms with E-state index in [1.54, 1.807) is 0 Å². The van der Waals surface area contributed by atoms with Crippen LogP contribution in [0.4, 0.5) is 0 Å². The number of pyridine rings is 1. The molecular weight excluding hydrogens is 260 g/mol. The quantitative estimate of drug-likeness (QED) is 0.867. The van der Waals surface area contributed by atoms with Gasteiger partial charge in [-0.1, -0.05) is 13.0 Å². The molecule has 2 rings (SSSR count). The molecule has 1 aromatic heterocycles. The number of hydrogen-bond donors (Lipinski definition) is 1. The largest absolute Gasteiger partial charge is 0.374 e. The summed E-state index contributed by atoms with van der Waals surface area (Å²) in [5, 5.41) is 3.69. The second-order valence-corrected chi connectivity index (χ2v) is 7.03. The monoisotopic (exact) mass is 290 g/mol. The zero-order valence-electron chi connectivity index (χ0n) is 14.0. The summed E-state index contributed by atoms with van der Waals surface area (Å²) in [6, 6.07) is 4.65. The summed E-state index contributed by atoms with van der Waals surface area (Å²) in [4.78, 5) is 4.68. The lowest BCUT2D eigenvalue weighted by Crippen LogP contribution is -2.42. The lowest BCUT2D eigenvalue weighted by Gasteiger charge is -2.34. The third-order valence-corrected chi connectivity index (χ3v) is 4.08. The van der Waals surface area contributed by atoms with Gasteiger partial charge in [0.25, 0.3) is 0 Å². The van der Waals surface area contributed by atoms with Gasteiger partial charge in [0.05, 0.1) is 12.2 Å². The summed E-state index contributed by atoms with van der Waals surface area (Å²) in [7, 11) is 0. The van der Waals surface area contributed by atoms with E-state index in [0.717, 1.165) is 19.6 Å². The molecule has 0 radical (unpaired) electrons. The van der Waals surface area contributed by atoms with E-state index in [1.807, 2.05) is 6.20 Å². The molecule has 1 N–H and O–H groups in total. The lowest BCUT2D eigenvalue weighted by molar-refractivity contribution is -0.0187. The third-order valence-electron chi connectivity index (χ3n) is 4.08. The second kappa shape index (κ2) is 7.37. The van der Waals surface area contributed by atoms with Crippen LogP contribution < -0.4 is 5.32 Å². The van der Waals surface area contributed by atoms with Gasteiger partial charge in [-0.2, -0.15) is 0 Å². The lowest BCUT2D eigenvalue weighted by atomic mass is 9.82. The van der Waals surface area contributed by atoms with Gasteiger partial charge >= 0.3 is 0 Å². The minimum absolute atomic E-state index is 0.0895. The highest BCUT2D eigenvalue weighted by Crippen LogP contribution is 2.33. The Hall–Kier alpha value is -0.930. The van der Waals surface area contributed by atoms with Gasteiger partial charge in [0.15, 0.2) is 0 Å². The van der Waals surface area contributed by atoms with Crippen LogP contribution in [0.15, 0.2) is 18.3 Å². The maximum absolute atomic E-state index is 6.07. The number of nitrogens with one attached hydrogen (secondary N) is 1. The van der Waals surface area contributed by atoms with Crippen LogP contribution in [-0.4, -0.2) is 29.8 Å². The first-order chi connectivity index (χ1) is 10.0. The molecule has 3 heteroatoms. The highest BCUT2D eigenvalue weighted by atomic mass is 16.5. The topological polar surface area (TPSA) is 34.1 Å². The predicted octanol–water partition coefficient (Wildman–Crippen LogP) is 3.68. The first-order valence-electron chi connectivity index (χ1n) is 8.32. The molecule has 2 unspecified atom stereocenters. The Morgan fingerprint density at radius 2 is 2.24 bits per heavy atom. The van der Waals surface area contributed by atoms with Crippen LogP contribution in [0.1, 0.15) is 64.1 Å². The van der Waals surface area contributed by atoms with Gasteiger partial charge in [0, 0.05) is 23.9 Å². The zero-order chi connectivity index (χ0) is 15.3. The van der Waals surface area contributed by atoms with Crippen molar-refractivity contribution in [2.24, 2.45) is 0 Å². The first kappa shape index (κ1) is 16.4. The Morgan fingerprint density at radius 3 is 2.95 bits per heavy atom. The number of hydrogen-bond acceptors (Lipinski definition) is 3. The van der Waals surface area contributed by atoms with Crippen LogP contribution in [0.5, 0.6) is 0 Å². The van der Waals surface area contributed by atoms with Gasteiger partial charge in [-0.3, -0.25) is 4.98 Å². The summed E-state index contributed by atoms with van der Waals surface area (Å²) in [6.45, 7) is 10.4. The van der Waals surface area contributed by atoms with Crippen LogP contribution >= 0.6 is 0 Å². The summed E-state index contributed by atoms with van der Waals surface area (Å²) >= 11 is 0. The Morgan fingerprint density at radius 1 is 1.43 bits per heavy atom. The van der Waals surface area contributed by atoms with E-state index in [0.29, 0.717) is 12.0 Å². The number of rotatable bonds is 6. The molecule has 118 valence electrons. The minimum atomic E-state index is -0.0895. The van der Waals surface area contributed by atoms with Gasteiger partial charge in [-0.15, -0.1) is 0 Å². The van der Waals surface area contributed by atoms with Gasteiger partial charge in [0.1, 0.15) is 0 Å². The van der Waals surface area contributed by atoms with Crippen molar-refractivity contribution in [3.63, 3.8) is 0 Å². The molecule has 21 heavy (non-hydrogen) atoms. The molecule has 0 fully saturated rings. The van der Waals surface area contributed by atoms with Gasteiger partial charge < -0.3 is 10.1 Å². The van der Waals surface area contributed by atoms with E-state index < -0.39 is 0 Å². The molecule has 0 aromatic carbocycles. The van der Waals surface area contributed by atoms with E-state index in [1.165, 1.54) is 30.5 Å². The minimum Gasteiger partial charge on any atom is -0.374 e. The Labute approximate surface area is 129 Å². The van der Waals surface area contributed by atoms with Crippen molar-refractivity contribution in [2.75, 3.05) is 13.2 Å². The fourth-order valence-corrected chi connectivity index (χ4v) is 3.02. The Balaban J connectivity index is 2.13. The molecule has 1 heterocycles. The number of ether oxygens (including phenoxy) is 1. The standard InChI is InChI=1S/C18H30N2O/c1-5-11-19-16(13-21-18(2,3)4)15-10-6-8-14-9-7-12-20-17(14)15/h7,9,12,15-16,19H,5-6,8,10-11,13H2,1-4H3. The van der Waals surface area contributed by atoms with Crippen molar-refractivity contribution in [1.82, 2.24) is 10.3 Å². The molecular formula is C18H30N2O. The number of fused-ring (bicyclic) bond motifs is 1. The highest BCUT2D eigenvalue weighted by molar-refractivity contribution is 5.27. The molecule has 0 bridgehead atoms. The van der Waals surface area contributed by atoms with E-state index in [-0.39, 0.29) is 5.60 Å². The molecule has 0 aliphatic heterocycles. The van der Waals surface area contributed by atoms with Crippen molar-refractivity contribution in [1.29, 1.82) is 0 Å². The molecule has 0 saturated heterocycles. The number of nitrogens with zero attached hydrogens (tertiary/aromatic N) is 1. The molecule has 0 saturated carbocycles. The van der Waals surface area contributed by atoms with Gasteiger partial charge in [0.2, 0.25) is 0 Å². The molecule has 1 aromatic rings. The van der Waals surface area contributed by atoms with Crippen LogP contribution in [0.2, 0.25) is 0 Å². The normalized spacial score (nSPS) is 20.1. The molecule has 1 aliphatic carbocycles. The van der Waals surface area contributed by atoms with Crippen LogP contribution in [0.3, 0.4) is 0 Å². The fourth-order valence-electron chi connectivity index (χ4n) is 3.02. The zero-order valence-corrected chi connectivity index (χ0v) is 14.0. The van der Waals surface area contributed by atoms with Crippen molar-refractivity contribution in [3.05, 3.63) is 29.6 Å². The molecule has 0 spiro atoms. The van der Waals surface area contributed by atoms with Crippen LogP contribution in [0.25, 0.3) is 0 Å². The summed E-state index contributed by atoms with van der Waals surface area (Å²) in [5.74, 6) is 0.476. The smallest absolute Gasteiger partial charge is 0.0633 e. The average molecular weight is 290 g/mol. The number of aromatic nitrogens is 1. The number of aryl methyl sites for hydroxylation is 1. The third kappa shape index (κ3) is 4.79. The SMILES string of the molecule is CCCNC(COC(C)(C)C)C1CCCc2cccnc21. The van der Waals surface area contributed by atoms with Gasteiger partial charge in [-0.05, 0) is 64.6 Å². The van der Waals surface area contributed by atoms with Crippen molar-refractivity contribution in [2.45, 2.75) is 70.9 Å². The Bertz CT molecular complexity index is 439. The predicted molar refractivity (Wildman–Crippen MR) is 87.7 cm³/mol. The van der Waals surface area contributed by atoms with E-state index in [9.17, 15) is 0 Å². The molecule has 3 nitrogen and oxygen atoms in total. The van der Waals surface area contributed by atoms with Crippen LogP contribution in [0, 0.1) is 0 Å². The summed E-state index contributed by atoms with van der Waals surface area (Å²) < 4.78 is 6.07. The first-order valence-corrected chi connectivity index (χ1v) is 8.32. The fraction of sp³-hybridized carbons (Fsp3) is 0.722. The van der Waals surface area contributed by atoms with Crippen molar-refractivity contribution < 1.29 is 4.74 Å². The highest BCUT2D eigenvalue weighted by Gasteiger charge is 2.29. The molecule has 2 atom stereocenters. The van der Waals surface area contributed by atoms with E-state index >= 15 is 0 Å². The second-order valence-electron chi connectivity index (χ2n) is 7.03. The van der Waals surface area contributed by atoms with E-state index in [4.69, 9.17) is 4.74 Å². The Kier molecular flexibility index (Phi) is 5.77. The van der Waals surface area contributed by atoms with Crippen molar-refractivity contribution >= 4 is 0 Å². The van der Waals surface area contributed by atoms with Crippen molar-refractivity contribution in [3.8, 4) is 0 Å². The summed E-state index contributed by atoms with van der Waals surface area (Å²) in [6.07, 6.45) is 6.70. The molecule has 0 amide bonds.